The molecule has 0 amide bonds. The Bertz CT molecular complexity index is 515. The first kappa shape index (κ1) is 12.8. The van der Waals surface area contributed by atoms with Gasteiger partial charge in [0.15, 0.2) is 0 Å². The number of aryl methyl sites for hydroxylation is 2. The number of nitrogens with zero attached hydrogens (tertiary/aromatic N) is 1. The molecule has 0 saturated carbocycles. The van der Waals surface area contributed by atoms with Crippen LogP contribution in [-0.4, -0.2) is 4.98 Å². The average molecular weight is 240 g/mol. The molecule has 0 bridgehead atoms. The van der Waals surface area contributed by atoms with Crippen molar-refractivity contribution in [3.63, 3.8) is 0 Å². The molecule has 0 fully saturated rings. The van der Waals surface area contributed by atoms with E-state index in [1.807, 2.05) is 6.20 Å². The summed E-state index contributed by atoms with van der Waals surface area (Å²) in [5.74, 6) is 0. The summed E-state index contributed by atoms with van der Waals surface area (Å²) in [4.78, 5) is 4.50. The molecule has 0 unspecified atom stereocenters. The van der Waals surface area contributed by atoms with Crippen molar-refractivity contribution in [2.45, 2.75) is 33.2 Å². The van der Waals surface area contributed by atoms with Crippen LogP contribution in [0.15, 0.2) is 36.5 Å². The van der Waals surface area contributed by atoms with E-state index in [-0.39, 0.29) is 0 Å². The predicted octanol–water partition coefficient (Wildman–Crippen LogP) is 3.00. The lowest BCUT2D eigenvalue weighted by atomic mass is 10.0. The standard InChI is InChI=1S/C16H20N2/c1-3-13-5-7-16(18-11-13)9-15-6-4-14(10-17)8-12(15)2/h4-8,11H,3,9-10,17H2,1-2H3. The molecule has 0 aliphatic rings. The zero-order valence-electron chi connectivity index (χ0n) is 11.1. The van der Waals surface area contributed by atoms with Gasteiger partial charge in [0.1, 0.15) is 0 Å². The Morgan fingerprint density at radius 1 is 1.11 bits per heavy atom. The fourth-order valence-electron chi connectivity index (χ4n) is 2.05. The second-order valence-electron chi connectivity index (χ2n) is 4.65. The van der Waals surface area contributed by atoms with Gasteiger partial charge in [0.2, 0.25) is 0 Å². The van der Waals surface area contributed by atoms with Crippen molar-refractivity contribution in [2.75, 3.05) is 0 Å². The Morgan fingerprint density at radius 2 is 1.89 bits per heavy atom. The van der Waals surface area contributed by atoms with Crippen LogP contribution >= 0.6 is 0 Å². The first-order valence-electron chi connectivity index (χ1n) is 6.45. The third-order valence-corrected chi connectivity index (χ3v) is 3.31. The van der Waals surface area contributed by atoms with Crippen molar-refractivity contribution < 1.29 is 0 Å². The maximum absolute atomic E-state index is 5.64. The molecular weight excluding hydrogens is 220 g/mol. The van der Waals surface area contributed by atoms with Gasteiger partial charge in [-0.15, -0.1) is 0 Å². The summed E-state index contributed by atoms with van der Waals surface area (Å²) in [6.07, 6.45) is 3.90. The van der Waals surface area contributed by atoms with Crippen LogP contribution in [0.1, 0.15) is 34.9 Å². The molecule has 0 radical (unpaired) electrons. The predicted molar refractivity (Wildman–Crippen MR) is 75.5 cm³/mol. The van der Waals surface area contributed by atoms with Gasteiger partial charge in [-0.25, -0.2) is 0 Å². The van der Waals surface area contributed by atoms with Gasteiger partial charge in [0, 0.05) is 24.9 Å². The van der Waals surface area contributed by atoms with Crippen molar-refractivity contribution in [2.24, 2.45) is 5.73 Å². The van der Waals surface area contributed by atoms with Crippen LogP contribution < -0.4 is 5.73 Å². The van der Waals surface area contributed by atoms with Gasteiger partial charge in [-0.2, -0.15) is 0 Å². The zero-order valence-corrected chi connectivity index (χ0v) is 11.1. The number of hydrogen-bond acceptors (Lipinski definition) is 2. The van der Waals surface area contributed by atoms with E-state index >= 15 is 0 Å². The molecule has 1 aromatic heterocycles. The second-order valence-corrected chi connectivity index (χ2v) is 4.65. The lowest BCUT2D eigenvalue weighted by Crippen LogP contribution is -2.00. The normalized spacial score (nSPS) is 10.6. The molecule has 0 spiro atoms. The summed E-state index contributed by atoms with van der Waals surface area (Å²) in [5.41, 5.74) is 11.8. The summed E-state index contributed by atoms with van der Waals surface area (Å²) < 4.78 is 0. The van der Waals surface area contributed by atoms with Gasteiger partial charge in [-0.1, -0.05) is 31.2 Å². The van der Waals surface area contributed by atoms with Crippen LogP contribution in [0.4, 0.5) is 0 Å². The van der Waals surface area contributed by atoms with E-state index in [1.165, 1.54) is 22.3 Å². The highest BCUT2D eigenvalue weighted by molar-refractivity contribution is 5.34. The van der Waals surface area contributed by atoms with E-state index in [1.54, 1.807) is 0 Å². The van der Waals surface area contributed by atoms with Crippen LogP contribution in [0, 0.1) is 6.92 Å². The fraction of sp³-hybridized carbons (Fsp3) is 0.312. The molecule has 18 heavy (non-hydrogen) atoms. The van der Waals surface area contributed by atoms with Crippen molar-refractivity contribution >= 4 is 0 Å². The first-order chi connectivity index (χ1) is 8.72. The zero-order chi connectivity index (χ0) is 13.0. The van der Waals surface area contributed by atoms with Gasteiger partial charge in [0.25, 0.3) is 0 Å². The molecule has 2 nitrogen and oxygen atoms in total. The van der Waals surface area contributed by atoms with E-state index in [4.69, 9.17) is 5.73 Å². The number of nitrogens with two attached hydrogens (primary N) is 1. The van der Waals surface area contributed by atoms with E-state index in [9.17, 15) is 0 Å². The summed E-state index contributed by atoms with van der Waals surface area (Å²) in [6.45, 7) is 4.88. The molecule has 1 aromatic carbocycles. The van der Waals surface area contributed by atoms with E-state index in [0.717, 1.165) is 18.5 Å². The lowest BCUT2D eigenvalue weighted by molar-refractivity contribution is 1.01. The van der Waals surface area contributed by atoms with Gasteiger partial charge in [-0.3, -0.25) is 4.98 Å². The van der Waals surface area contributed by atoms with Gasteiger partial charge < -0.3 is 5.73 Å². The first-order valence-corrected chi connectivity index (χ1v) is 6.45. The highest BCUT2D eigenvalue weighted by atomic mass is 14.7. The Balaban J connectivity index is 2.17. The van der Waals surface area contributed by atoms with Gasteiger partial charge in [0.05, 0.1) is 0 Å². The second kappa shape index (κ2) is 5.78. The SMILES string of the molecule is CCc1ccc(Cc2ccc(CN)cc2C)nc1. The van der Waals surface area contributed by atoms with Crippen LogP contribution in [0.5, 0.6) is 0 Å². The largest absolute Gasteiger partial charge is 0.326 e. The Hall–Kier alpha value is -1.67. The van der Waals surface area contributed by atoms with Crippen LogP contribution in [-0.2, 0) is 19.4 Å². The van der Waals surface area contributed by atoms with Crippen molar-refractivity contribution in [1.29, 1.82) is 0 Å². The highest BCUT2D eigenvalue weighted by Gasteiger charge is 2.02. The number of pyridine rings is 1. The molecule has 0 atom stereocenters. The van der Waals surface area contributed by atoms with Crippen LogP contribution in [0.3, 0.4) is 0 Å². The summed E-state index contributed by atoms with van der Waals surface area (Å²) in [7, 11) is 0. The van der Waals surface area contributed by atoms with Gasteiger partial charge >= 0.3 is 0 Å². The minimum atomic E-state index is 0.602. The van der Waals surface area contributed by atoms with E-state index < -0.39 is 0 Å². The summed E-state index contributed by atoms with van der Waals surface area (Å²) in [6, 6.07) is 10.7. The number of rotatable bonds is 4. The van der Waals surface area contributed by atoms with Crippen LogP contribution in [0.2, 0.25) is 0 Å². The molecular formula is C16H20N2. The topological polar surface area (TPSA) is 38.9 Å². The molecule has 0 saturated heterocycles. The van der Waals surface area contributed by atoms with Crippen molar-refractivity contribution in [3.8, 4) is 0 Å². The molecule has 0 aliphatic carbocycles. The van der Waals surface area contributed by atoms with Crippen molar-refractivity contribution in [3.05, 3.63) is 64.5 Å². The summed E-state index contributed by atoms with van der Waals surface area (Å²) in [5, 5.41) is 0. The Labute approximate surface area is 109 Å². The maximum Gasteiger partial charge on any atom is 0.0447 e. The third kappa shape index (κ3) is 2.96. The number of aromatic nitrogens is 1. The quantitative estimate of drug-likeness (QED) is 0.892. The number of hydrogen-bond donors (Lipinski definition) is 1. The minimum Gasteiger partial charge on any atom is -0.326 e. The Morgan fingerprint density at radius 3 is 2.44 bits per heavy atom. The van der Waals surface area contributed by atoms with E-state index in [2.05, 4.69) is 49.2 Å². The molecule has 1 heterocycles. The van der Waals surface area contributed by atoms with Gasteiger partial charge in [-0.05, 0) is 41.7 Å². The fourth-order valence-corrected chi connectivity index (χ4v) is 2.05. The van der Waals surface area contributed by atoms with E-state index in [0.29, 0.717) is 6.54 Å². The smallest absolute Gasteiger partial charge is 0.0447 e. The molecule has 0 aliphatic heterocycles. The van der Waals surface area contributed by atoms with Crippen LogP contribution in [0.25, 0.3) is 0 Å². The molecule has 94 valence electrons. The third-order valence-electron chi connectivity index (χ3n) is 3.31. The number of benzene rings is 1. The molecule has 2 N–H and O–H groups in total. The minimum absolute atomic E-state index is 0.602. The molecule has 2 rings (SSSR count). The monoisotopic (exact) mass is 240 g/mol. The Kier molecular flexibility index (Phi) is 4.11. The molecule has 2 aromatic rings. The maximum atomic E-state index is 5.64. The average Bonchev–Trinajstić information content (AvgIpc) is 2.42. The van der Waals surface area contributed by atoms with Crippen molar-refractivity contribution in [1.82, 2.24) is 4.98 Å². The highest BCUT2D eigenvalue weighted by Crippen LogP contribution is 2.15. The lowest BCUT2D eigenvalue weighted by Gasteiger charge is -2.08. The molecule has 2 heteroatoms. The summed E-state index contributed by atoms with van der Waals surface area (Å²) >= 11 is 0.